The number of hydrogen-bond acceptors (Lipinski definition) is 3. The van der Waals surface area contributed by atoms with Gasteiger partial charge in [-0.1, -0.05) is 29.8 Å². The van der Waals surface area contributed by atoms with Crippen LogP contribution in [0.15, 0.2) is 54.2 Å². The second kappa shape index (κ2) is 6.98. The minimum atomic E-state index is -2.87. The quantitative estimate of drug-likeness (QED) is 0.664. The van der Waals surface area contributed by atoms with Gasteiger partial charge in [0.2, 0.25) is 0 Å². The predicted octanol–water partition coefficient (Wildman–Crippen LogP) is 3.86. The Hall–Kier alpha value is -2.80. The lowest BCUT2D eigenvalue weighted by atomic mass is 10.1. The van der Waals surface area contributed by atoms with Crippen LogP contribution in [-0.4, -0.2) is 17.6 Å². The second-order valence-electron chi connectivity index (χ2n) is 5.41. The summed E-state index contributed by atoms with van der Waals surface area (Å²) in [6.45, 7) is -0.915. The largest absolute Gasteiger partial charge is 0.435 e. The lowest BCUT2D eigenvalue weighted by molar-refractivity contribution is -0.113. The first-order valence-electron chi connectivity index (χ1n) is 7.43. The van der Waals surface area contributed by atoms with E-state index in [9.17, 15) is 13.6 Å². The number of alkyl halides is 2. The summed E-state index contributed by atoms with van der Waals surface area (Å²) < 4.78 is 28.6. The fraction of sp³-hybridized carbons (Fsp3) is 0.111. The van der Waals surface area contributed by atoms with Crippen LogP contribution in [0, 0.1) is 6.92 Å². The third-order valence-corrected chi connectivity index (χ3v) is 3.87. The molecule has 0 radical (unpaired) electrons. The molecule has 2 aromatic carbocycles. The number of hydrogen-bond donors (Lipinski definition) is 1. The van der Waals surface area contributed by atoms with Gasteiger partial charge in [-0.15, -0.1) is 0 Å². The zero-order chi connectivity index (χ0) is 18.0. The van der Waals surface area contributed by atoms with Crippen molar-refractivity contribution in [3.63, 3.8) is 0 Å². The van der Waals surface area contributed by atoms with Crippen molar-refractivity contribution >= 4 is 35.0 Å². The summed E-state index contributed by atoms with van der Waals surface area (Å²) in [6, 6.07) is 13.4. The maximum atomic E-state index is 12.6. The molecule has 128 valence electrons. The summed E-state index contributed by atoms with van der Waals surface area (Å²) in [5.41, 5.74) is 2.73. The molecule has 1 aliphatic rings. The highest BCUT2D eigenvalue weighted by atomic mass is 32.1. The van der Waals surface area contributed by atoms with Crippen LogP contribution < -0.4 is 15.0 Å². The first-order chi connectivity index (χ1) is 11.9. The molecule has 25 heavy (non-hydrogen) atoms. The van der Waals surface area contributed by atoms with Crippen molar-refractivity contribution < 1.29 is 18.3 Å². The van der Waals surface area contributed by atoms with Gasteiger partial charge in [0.05, 0.1) is 5.69 Å². The van der Waals surface area contributed by atoms with E-state index >= 15 is 0 Å². The zero-order valence-corrected chi connectivity index (χ0v) is 14.0. The summed E-state index contributed by atoms with van der Waals surface area (Å²) in [5, 5.41) is 3.17. The molecule has 1 amide bonds. The molecule has 4 nitrogen and oxygen atoms in total. The van der Waals surface area contributed by atoms with Gasteiger partial charge >= 0.3 is 6.61 Å². The molecule has 1 heterocycles. The van der Waals surface area contributed by atoms with Gasteiger partial charge in [0.25, 0.3) is 5.91 Å². The van der Waals surface area contributed by atoms with Crippen molar-refractivity contribution in [2.45, 2.75) is 13.5 Å². The maximum Gasteiger partial charge on any atom is 0.387 e. The van der Waals surface area contributed by atoms with Gasteiger partial charge in [0, 0.05) is 0 Å². The molecule has 0 bridgehead atoms. The fourth-order valence-corrected chi connectivity index (χ4v) is 2.67. The average molecular weight is 360 g/mol. The van der Waals surface area contributed by atoms with E-state index in [4.69, 9.17) is 12.2 Å². The van der Waals surface area contributed by atoms with Gasteiger partial charge in [0.1, 0.15) is 11.4 Å². The second-order valence-corrected chi connectivity index (χ2v) is 5.80. The molecule has 2 aromatic rings. The number of nitrogens with one attached hydrogen (secondary N) is 1. The zero-order valence-electron chi connectivity index (χ0n) is 13.2. The van der Waals surface area contributed by atoms with E-state index in [2.05, 4.69) is 10.1 Å². The first kappa shape index (κ1) is 17.0. The monoisotopic (exact) mass is 360 g/mol. The molecule has 0 spiro atoms. The number of carbonyl (C=O) groups is 1. The maximum absolute atomic E-state index is 12.6. The molecule has 0 aliphatic carbocycles. The molecule has 7 heteroatoms. The van der Waals surface area contributed by atoms with Crippen molar-refractivity contribution in [3.05, 3.63) is 65.4 Å². The summed E-state index contributed by atoms with van der Waals surface area (Å²) in [4.78, 5) is 14.0. The molecule has 1 saturated heterocycles. The SMILES string of the molecule is Cc1ccc(N2C(=O)C(=Cc3ccc(OC(F)F)cc3)NC2=S)cc1. The Morgan fingerprint density at radius 1 is 1.12 bits per heavy atom. The van der Waals surface area contributed by atoms with Crippen LogP contribution in [0.1, 0.15) is 11.1 Å². The fourth-order valence-electron chi connectivity index (χ4n) is 2.38. The highest BCUT2D eigenvalue weighted by Gasteiger charge is 2.31. The average Bonchev–Trinajstić information content (AvgIpc) is 2.84. The minimum absolute atomic E-state index is 0.0552. The number of halogens is 2. The van der Waals surface area contributed by atoms with Crippen LogP contribution in [0.25, 0.3) is 6.08 Å². The molecule has 0 aromatic heterocycles. The van der Waals surface area contributed by atoms with Crippen LogP contribution in [0.5, 0.6) is 5.75 Å². The van der Waals surface area contributed by atoms with Gasteiger partial charge in [-0.05, 0) is 55.0 Å². The van der Waals surface area contributed by atoms with E-state index in [-0.39, 0.29) is 16.8 Å². The number of nitrogens with zero attached hydrogens (tertiary/aromatic N) is 1. The number of aryl methyl sites for hydroxylation is 1. The molecule has 1 N–H and O–H groups in total. The van der Waals surface area contributed by atoms with E-state index in [0.717, 1.165) is 5.56 Å². The Bertz CT molecular complexity index is 833. The normalized spacial score (nSPS) is 15.8. The molecule has 3 rings (SSSR count). The molecule has 0 unspecified atom stereocenters. The number of carbonyl (C=O) groups excluding carboxylic acids is 1. The van der Waals surface area contributed by atoms with E-state index in [1.165, 1.54) is 17.0 Å². The predicted molar refractivity (Wildman–Crippen MR) is 95.4 cm³/mol. The van der Waals surface area contributed by atoms with Gasteiger partial charge in [-0.3, -0.25) is 9.69 Å². The van der Waals surface area contributed by atoms with Crippen molar-refractivity contribution in [1.82, 2.24) is 5.32 Å². The minimum Gasteiger partial charge on any atom is -0.435 e. The summed E-state index contributed by atoms with van der Waals surface area (Å²) >= 11 is 5.24. The molecular formula is C18H14F2N2O2S. The van der Waals surface area contributed by atoms with Crippen molar-refractivity contribution in [2.75, 3.05) is 4.90 Å². The number of ether oxygens (including phenoxy) is 1. The number of amides is 1. The number of anilines is 1. The van der Waals surface area contributed by atoms with Gasteiger partial charge in [-0.2, -0.15) is 8.78 Å². The van der Waals surface area contributed by atoms with Crippen LogP contribution in [0.2, 0.25) is 0 Å². The molecule has 0 atom stereocenters. The standard InChI is InChI=1S/C18H14F2N2O2S/c1-11-2-6-13(7-3-11)22-16(23)15(21-18(22)25)10-12-4-8-14(9-5-12)24-17(19)20/h2-10,17H,1H3,(H,21,25). The Balaban J connectivity index is 1.81. The molecule has 1 aliphatic heterocycles. The van der Waals surface area contributed by atoms with Crippen LogP contribution in [0.4, 0.5) is 14.5 Å². The van der Waals surface area contributed by atoms with Crippen molar-refractivity contribution in [3.8, 4) is 5.75 Å². The number of thiocarbonyl (C=S) groups is 1. The van der Waals surface area contributed by atoms with E-state index in [1.54, 1.807) is 18.2 Å². The number of rotatable bonds is 4. The highest BCUT2D eigenvalue weighted by molar-refractivity contribution is 7.80. The first-order valence-corrected chi connectivity index (χ1v) is 7.83. The highest BCUT2D eigenvalue weighted by Crippen LogP contribution is 2.23. The van der Waals surface area contributed by atoms with Gasteiger partial charge < -0.3 is 10.1 Å². The van der Waals surface area contributed by atoms with Gasteiger partial charge in [-0.25, -0.2) is 0 Å². The van der Waals surface area contributed by atoms with Gasteiger partial charge in [0.15, 0.2) is 5.11 Å². The lowest BCUT2D eigenvalue weighted by Gasteiger charge is -2.13. The Morgan fingerprint density at radius 3 is 2.36 bits per heavy atom. The summed E-state index contributed by atoms with van der Waals surface area (Å²) in [6.07, 6.45) is 1.61. The third kappa shape index (κ3) is 3.83. The van der Waals surface area contributed by atoms with Crippen LogP contribution >= 0.6 is 12.2 Å². The number of benzene rings is 2. The molecule has 1 fully saturated rings. The lowest BCUT2D eigenvalue weighted by Crippen LogP contribution is -2.30. The summed E-state index contributed by atoms with van der Waals surface area (Å²) in [7, 11) is 0. The Morgan fingerprint density at radius 2 is 1.76 bits per heavy atom. The Labute approximate surface area is 148 Å². The summed E-state index contributed by atoms with van der Waals surface area (Å²) in [5.74, 6) is -0.221. The van der Waals surface area contributed by atoms with Crippen LogP contribution in [0.3, 0.4) is 0 Å². The van der Waals surface area contributed by atoms with E-state index < -0.39 is 6.61 Å². The molecule has 0 saturated carbocycles. The smallest absolute Gasteiger partial charge is 0.387 e. The third-order valence-electron chi connectivity index (χ3n) is 3.59. The van der Waals surface area contributed by atoms with E-state index in [1.807, 2.05) is 31.2 Å². The van der Waals surface area contributed by atoms with Crippen molar-refractivity contribution in [1.29, 1.82) is 0 Å². The topological polar surface area (TPSA) is 41.6 Å². The molecular weight excluding hydrogens is 346 g/mol. The van der Waals surface area contributed by atoms with E-state index in [0.29, 0.717) is 16.9 Å². The van der Waals surface area contributed by atoms with Crippen molar-refractivity contribution in [2.24, 2.45) is 0 Å². The van der Waals surface area contributed by atoms with Crippen LogP contribution in [-0.2, 0) is 4.79 Å². The Kier molecular flexibility index (Phi) is 4.76.